The van der Waals surface area contributed by atoms with E-state index in [4.69, 9.17) is 9.72 Å². The molecule has 1 aliphatic heterocycles. The Balaban J connectivity index is 1.41. The topological polar surface area (TPSA) is 76.5 Å². The Hall–Kier alpha value is -4.23. The molecule has 1 saturated heterocycles. The predicted octanol–water partition coefficient (Wildman–Crippen LogP) is 5.11. The van der Waals surface area contributed by atoms with Gasteiger partial charge in [-0.15, -0.1) is 0 Å². The minimum absolute atomic E-state index is 0.0700. The summed E-state index contributed by atoms with van der Waals surface area (Å²) in [5.74, 6) is -0.113. The van der Waals surface area contributed by atoms with E-state index in [1.807, 2.05) is 90.5 Å². The normalized spacial score (nSPS) is 14.9. The van der Waals surface area contributed by atoms with Crippen molar-refractivity contribution in [3.8, 4) is 16.9 Å². The Morgan fingerprint density at radius 2 is 1.78 bits per heavy atom. The van der Waals surface area contributed by atoms with Crippen LogP contribution in [0.25, 0.3) is 16.9 Å². The second-order valence-corrected chi connectivity index (χ2v) is 9.26. The number of amides is 2. The molecule has 2 amide bonds. The molecule has 0 bridgehead atoms. The van der Waals surface area contributed by atoms with Gasteiger partial charge in [-0.05, 0) is 49.6 Å². The quantitative estimate of drug-likeness (QED) is 0.369. The molecule has 7 nitrogen and oxygen atoms in total. The highest BCUT2D eigenvalue weighted by Gasteiger charge is 2.26. The van der Waals surface area contributed by atoms with Gasteiger partial charge in [0.2, 0.25) is 11.9 Å². The molecule has 0 aliphatic carbocycles. The summed E-state index contributed by atoms with van der Waals surface area (Å²) in [4.78, 5) is 32.9. The van der Waals surface area contributed by atoms with Gasteiger partial charge in [-0.3, -0.25) is 19.5 Å². The molecule has 1 N–H and O–H groups in total. The van der Waals surface area contributed by atoms with Gasteiger partial charge in [0.05, 0.1) is 11.8 Å². The number of anilines is 1. The van der Waals surface area contributed by atoms with Crippen LogP contribution in [0.1, 0.15) is 28.8 Å². The number of aryl methyl sites for hydroxylation is 1. The lowest BCUT2D eigenvalue weighted by atomic mass is 10.1. The fourth-order valence-electron chi connectivity index (χ4n) is 4.55. The number of hydrogen-bond donors (Lipinski definition) is 1. The van der Waals surface area contributed by atoms with Crippen LogP contribution in [0.3, 0.4) is 0 Å². The average molecular weight is 495 g/mol. The zero-order valence-electron chi connectivity index (χ0n) is 20.8. The highest BCUT2D eigenvalue weighted by atomic mass is 16.5. The van der Waals surface area contributed by atoms with E-state index in [9.17, 15) is 9.59 Å². The van der Waals surface area contributed by atoms with Crippen LogP contribution < -0.4 is 5.32 Å². The van der Waals surface area contributed by atoms with Gasteiger partial charge in [0.25, 0.3) is 5.91 Å². The number of benzene rings is 3. The number of aromatic nitrogens is 2. The summed E-state index contributed by atoms with van der Waals surface area (Å²) in [6.07, 6.45) is 3.68. The van der Waals surface area contributed by atoms with E-state index < -0.39 is 0 Å². The van der Waals surface area contributed by atoms with Crippen LogP contribution in [0, 0.1) is 6.92 Å². The number of ether oxygens (including phenoxy) is 1. The lowest BCUT2D eigenvalue weighted by Gasteiger charge is -2.25. The fraction of sp³-hybridized carbons (Fsp3) is 0.233. The van der Waals surface area contributed by atoms with E-state index in [1.54, 1.807) is 17.0 Å². The van der Waals surface area contributed by atoms with E-state index in [0.717, 1.165) is 35.3 Å². The van der Waals surface area contributed by atoms with E-state index in [2.05, 4.69) is 5.32 Å². The molecule has 1 aliphatic rings. The zero-order chi connectivity index (χ0) is 25.6. The van der Waals surface area contributed by atoms with Crippen molar-refractivity contribution in [2.24, 2.45) is 0 Å². The van der Waals surface area contributed by atoms with Gasteiger partial charge in [-0.1, -0.05) is 60.7 Å². The fourth-order valence-corrected chi connectivity index (χ4v) is 4.55. The molecule has 2 heterocycles. The summed E-state index contributed by atoms with van der Waals surface area (Å²) in [5.41, 5.74) is 4.22. The van der Waals surface area contributed by atoms with Crippen molar-refractivity contribution in [2.45, 2.75) is 25.9 Å². The number of hydrogen-bond acceptors (Lipinski definition) is 4. The molecule has 1 aromatic heterocycles. The summed E-state index contributed by atoms with van der Waals surface area (Å²) in [7, 11) is 0. The largest absolute Gasteiger partial charge is 0.376 e. The number of carbonyl (C=O) groups excluding carboxylic acids is 2. The van der Waals surface area contributed by atoms with Crippen LogP contribution in [-0.4, -0.2) is 52.1 Å². The van der Waals surface area contributed by atoms with Crippen molar-refractivity contribution in [1.82, 2.24) is 14.5 Å². The first-order chi connectivity index (χ1) is 18.1. The minimum Gasteiger partial charge on any atom is -0.376 e. The Morgan fingerprint density at radius 1 is 1.03 bits per heavy atom. The van der Waals surface area contributed by atoms with Crippen molar-refractivity contribution in [3.05, 3.63) is 102 Å². The SMILES string of the molecule is Cc1cccc(-n2cc(-c3ccccc3)nc2NC(=O)CN(C[C@@H]2CCCO2)C(=O)c2ccccc2)c1. The van der Waals surface area contributed by atoms with Gasteiger partial charge in [-0.25, -0.2) is 4.98 Å². The lowest BCUT2D eigenvalue weighted by Crippen LogP contribution is -2.42. The van der Waals surface area contributed by atoms with Gasteiger partial charge in [0.15, 0.2) is 0 Å². The molecule has 0 radical (unpaired) electrons. The third-order valence-corrected chi connectivity index (χ3v) is 6.40. The highest BCUT2D eigenvalue weighted by molar-refractivity contribution is 5.99. The maximum absolute atomic E-state index is 13.3. The summed E-state index contributed by atoms with van der Waals surface area (Å²) < 4.78 is 7.64. The molecule has 0 saturated carbocycles. The maximum atomic E-state index is 13.3. The van der Waals surface area contributed by atoms with Crippen LogP contribution in [-0.2, 0) is 9.53 Å². The predicted molar refractivity (Wildman–Crippen MR) is 144 cm³/mol. The molecule has 4 aromatic rings. The first kappa shape index (κ1) is 24.5. The molecular formula is C30H30N4O3. The molecular weight excluding hydrogens is 464 g/mol. The molecule has 1 fully saturated rings. The second kappa shape index (κ2) is 11.2. The van der Waals surface area contributed by atoms with Crippen molar-refractivity contribution in [3.63, 3.8) is 0 Å². The number of nitrogens with zero attached hydrogens (tertiary/aromatic N) is 3. The van der Waals surface area contributed by atoms with E-state index in [-0.39, 0.29) is 24.5 Å². The van der Waals surface area contributed by atoms with Gasteiger partial charge < -0.3 is 9.64 Å². The van der Waals surface area contributed by atoms with Crippen molar-refractivity contribution >= 4 is 17.8 Å². The third kappa shape index (κ3) is 5.95. The van der Waals surface area contributed by atoms with Crippen molar-refractivity contribution in [1.29, 1.82) is 0 Å². The molecule has 188 valence electrons. The average Bonchev–Trinajstić information content (AvgIpc) is 3.59. The summed E-state index contributed by atoms with van der Waals surface area (Å²) >= 11 is 0. The van der Waals surface area contributed by atoms with Crippen LogP contribution in [0.2, 0.25) is 0 Å². The van der Waals surface area contributed by atoms with Gasteiger partial charge in [0, 0.05) is 36.2 Å². The van der Waals surface area contributed by atoms with E-state index in [0.29, 0.717) is 24.7 Å². The van der Waals surface area contributed by atoms with E-state index in [1.165, 1.54) is 0 Å². The highest BCUT2D eigenvalue weighted by Crippen LogP contribution is 2.25. The smallest absolute Gasteiger partial charge is 0.254 e. The molecule has 0 unspecified atom stereocenters. The molecule has 0 spiro atoms. The Bertz CT molecular complexity index is 1360. The summed E-state index contributed by atoms with van der Waals surface area (Å²) in [5, 5.41) is 2.96. The number of imidazole rings is 1. The molecule has 7 heteroatoms. The van der Waals surface area contributed by atoms with Crippen LogP contribution in [0.5, 0.6) is 0 Å². The number of carbonyl (C=O) groups is 2. The lowest BCUT2D eigenvalue weighted by molar-refractivity contribution is -0.117. The van der Waals surface area contributed by atoms with Crippen molar-refractivity contribution < 1.29 is 14.3 Å². The first-order valence-electron chi connectivity index (χ1n) is 12.5. The molecule has 3 aromatic carbocycles. The molecule has 1 atom stereocenters. The summed E-state index contributed by atoms with van der Waals surface area (Å²) in [6.45, 7) is 2.97. The van der Waals surface area contributed by atoms with Gasteiger partial charge >= 0.3 is 0 Å². The zero-order valence-corrected chi connectivity index (χ0v) is 20.8. The van der Waals surface area contributed by atoms with Crippen molar-refractivity contribution in [2.75, 3.05) is 25.0 Å². The third-order valence-electron chi connectivity index (χ3n) is 6.40. The summed E-state index contributed by atoms with van der Waals surface area (Å²) in [6, 6.07) is 26.9. The maximum Gasteiger partial charge on any atom is 0.254 e. The monoisotopic (exact) mass is 494 g/mol. The Morgan fingerprint density at radius 3 is 2.49 bits per heavy atom. The molecule has 37 heavy (non-hydrogen) atoms. The number of rotatable bonds is 8. The number of nitrogens with one attached hydrogen (secondary N) is 1. The minimum atomic E-state index is -0.318. The van der Waals surface area contributed by atoms with Crippen LogP contribution >= 0.6 is 0 Å². The van der Waals surface area contributed by atoms with Crippen LogP contribution in [0.4, 0.5) is 5.95 Å². The van der Waals surface area contributed by atoms with E-state index >= 15 is 0 Å². The van der Waals surface area contributed by atoms with Crippen LogP contribution in [0.15, 0.2) is 91.1 Å². The standard InChI is InChI=1S/C30H30N4O3/c1-22-10-8-15-25(18-22)34-20-27(23-11-4-2-5-12-23)31-30(34)32-28(35)21-33(19-26-16-9-17-37-26)29(36)24-13-6-3-7-14-24/h2-8,10-15,18,20,26H,9,16-17,19,21H2,1H3,(H,31,32,35)/t26-/m0/s1. The Kier molecular flexibility index (Phi) is 7.42. The second-order valence-electron chi connectivity index (χ2n) is 9.26. The molecule has 5 rings (SSSR count). The Labute approximate surface area is 216 Å². The first-order valence-corrected chi connectivity index (χ1v) is 12.5. The van der Waals surface area contributed by atoms with Gasteiger partial charge in [0.1, 0.15) is 6.54 Å². The van der Waals surface area contributed by atoms with Gasteiger partial charge in [-0.2, -0.15) is 0 Å².